The van der Waals surface area contributed by atoms with Crippen LogP contribution < -0.4 is 5.32 Å². The first-order chi connectivity index (χ1) is 10.2. The lowest BCUT2D eigenvalue weighted by Crippen LogP contribution is -2.16. The molecule has 21 heavy (non-hydrogen) atoms. The van der Waals surface area contributed by atoms with Crippen LogP contribution in [0, 0.1) is 16.0 Å². The van der Waals surface area contributed by atoms with Crippen LogP contribution >= 0.6 is 11.3 Å². The van der Waals surface area contributed by atoms with Crippen LogP contribution in [0.4, 0.5) is 11.4 Å². The molecule has 2 rings (SSSR count). The van der Waals surface area contributed by atoms with Crippen molar-refractivity contribution >= 4 is 32.9 Å². The van der Waals surface area contributed by atoms with Gasteiger partial charge in [-0.1, -0.05) is 13.3 Å². The molecule has 0 spiro atoms. The molecule has 0 bridgehead atoms. The highest BCUT2D eigenvalue weighted by atomic mass is 32.1. The van der Waals surface area contributed by atoms with Gasteiger partial charge in [0.1, 0.15) is 5.69 Å². The van der Waals surface area contributed by atoms with E-state index in [2.05, 4.69) is 17.2 Å². The monoisotopic (exact) mass is 309 g/mol. The zero-order valence-electron chi connectivity index (χ0n) is 11.9. The number of aliphatic hydroxyl groups is 1. The maximum atomic E-state index is 11.3. The van der Waals surface area contributed by atoms with E-state index in [4.69, 9.17) is 5.11 Å². The van der Waals surface area contributed by atoms with Gasteiger partial charge in [0.05, 0.1) is 15.1 Å². The van der Waals surface area contributed by atoms with Crippen LogP contribution in [0.25, 0.3) is 10.2 Å². The number of nitrogens with zero attached hydrogens (tertiary/aromatic N) is 2. The fourth-order valence-electron chi connectivity index (χ4n) is 2.44. The van der Waals surface area contributed by atoms with E-state index in [1.165, 1.54) is 11.3 Å². The Morgan fingerprint density at radius 2 is 2.29 bits per heavy atom. The minimum absolute atomic E-state index is 0.0352. The Morgan fingerprint density at radius 3 is 2.95 bits per heavy atom. The molecule has 7 heteroatoms. The van der Waals surface area contributed by atoms with Crippen molar-refractivity contribution in [2.75, 3.05) is 18.5 Å². The Bertz CT molecular complexity index is 609. The first-order valence-electron chi connectivity index (χ1n) is 7.02. The lowest BCUT2D eigenvalue weighted by molar-refractivity contribution is -0.382. The average molecular weight is 309 g/mol. The highest BCUT2D eigenvalue weighted by Gasteiger charge is 2.21. The van der Waals surface area contributed by atoms with Crippen molar-refractivity contribution in [3.8, 4) is 0 Å². The number of nitrogens with one attached hydrogen (secondary N) is 1. The summed E-state index contributed by atoms with van der Waals surface area (Å²) in [7, 11) is 0. The molecule has 0 saturated carbocycles. The zero-order chi connectivity index (χ0) is 15.2. The fraction of sp³-hybridized carbons (Fsp3) is 0.500. The second-order valence-electron chi connectivity index (χ2n) is 4.97. The largest absolute Gasteiger partial charge is 0.396 e. The molecule has 0 aliphatic rings. The Morgan fingerprint density at radius 1 is 1.48 bits per heavy atom. The van der Waals surface area contributed by atoms with E-state index in [1.807, 2.05) is 6.07 Å². The van der Waals surface area contributed by atoms with E-state index >= 15 is 0 Å². The molecule has 1 aromatic carbocycles. The van der Waals surface area contributed by atoms with Gasteiger partial charge in [0.15, 0.2) is 5.52 Å². The molecule has 0 aliphatic heterocycles. The molecule has 114 valence electrons. The van der Waals surface area contributed by atoms with E-state index in [9.17, 15) is 10.1 Å². The van der Waals surface area contributed by atoms with Crippen LogP contribution in [0.5, 0.6) is 0 Å². The second kappa shape index (κ2) is 7.33. The summed E-state index contributed by atoms with van der Waals surface area (Å²) in [6, 6.07) is 3.59. The molecule has 0 aliphatic carbocycles. The van der Waals surface area contributed by atoms with Crippen molar-refractivity contribution in [3.05, 3.63) is 27.8 Å². The number of aromatic nitrogens is 1. The van der Waals surface area contributed by atoms with Gasteiger partial charge in [0.25, 0.3) is 0 Å². The number of benzene rings is 1. The second-order valence-corrected chi connectivity index (χ2v) is 5.85. The van der Waals surface area contributed by atoms with E-state index < -0.39 is 0 Å². The Hall–Kier alpha value is -1.73. The number of aliphatic hydroxyl groups excluding tert-OH is 1. The number of rotatable bonds is 8. The fourth-order valence-corrected chi connectivity index (χ4v) is 3.12. The number of fused-ring (bicyclic) bond motifs is 1. The van der Waals surface area contributed by atoms with Gasteiger partial charge < -0.3 is 10.4 Å². The molecule has 6 nitrogen and oxygen atoms in total. The molecule has 0 fully saturated rings. The third kappa shape index (κ3) is 3.68. The van der Waals surface area contributed by atoms with Crippen LogP contribution in [-0.2, 0) is 0 Å². The van der Waals surface area contributed by atoms with E-state index in [1.54, 1.807) is 11.6 Å². The van der Waals surface area contributed by atoms with Gasteiger partial charge in [-0.3, -0.25) is 10.1 Å². The van der Waals surface area contributed by atoms with Crippen LogP contribution in [0.3, 0.4) is 0 Å². The van der Waals surface area contributed by atoms with E-state index in [0.29, 0.717) is 30.1 Å². The van der Waals surface area contributed by atoms with Crippen LogP contribution in [0.2, 0.25) is 0 Å². The molecule has 0 amide bonds. The predicted octanol–water partition coefficient (Wildman–Crippen LogP) is 3.42. The lowest BCUT2D eigenvalue weighted by atomic mass is 10.00. The normalized spacial score (nSPS) is 12.5. The molecule has 1 atom stereocenters. The maximum absolute atomic E-state index is 11.3. The summed E-state index contributed by atoms with van der Waals surface area (Å²) in [5.41, 5.74) is 2.59. The Balaban J connectivity index is 2.21. The summed E-state index contributed by atoms with van der Waals surface area (Å²) in [4.78, 5) is 15.0. The third-order valence-electron chi connectivity index (χ3n) is 3.47. The number of thiazole rings is 1. The van der Waals surface area contributed by atoms with E-state index in [-0.39, 0.29) is 17.2 Å². The first-order valence-corrected chi connectivity index (χ1v) is 7.90. The summed E-state index contributed by atoms with van der Waals surface area (Å²) in [5, 5.41) is 23.6. The molecule has 1 unspecified atom stereocenters. The predicted molar refractivity (Wildman–Crippen MR) is 84.9 cm³/mol. The molecular weight excluding hydrogens is 290 g/mol. The quantitative estimate of drug-likeness (QED) is 0.576. The minimum Gasteiger partial charge on any atom is -0.396 e. The van der Waals surface area contributed by atoms with Crippen molar-refractivity contribution in [1.29, 1.82) is 0 Å². The first kappa shape index (κ1) is 15.7. The molecular formula is C14H19N3O3S. The molecule has 1 heterocycles. The smallest absolute Gasteiger partial charge is 0.319 e. The van der Waals surface area contributed by atoms with Crippen LogP contribution in [0.15, 0.2) is 17.6 Å². The topological polar surface area (TPSA) is 88.3 Å². The minimum atomic E-state index is -0.384. The van der Waals surface area contributed by atoms with Gasteiger partial charge >= 0.3 is 5.69 Å². The van der Waals surface area contributed by atoms with Crippen LogP contribution in [0.1, 0.15) is 26.2 Å². The van der Waals surface area contributed by atoms with Crippen molar-refractivity contribution < 1.29 is 10.0 Å². The van der Waals surface area contributed by atoms with Crippen molar-refractivity contribution in [2.24, 2.45) is 5.92 Å². The molecule has 2 N–H and O–H groups in total. The molecule has 0 radical (unpaired) electrons. The Kier molecular flexibility index (Phi) is 5.46. The molecule has 0 saturated heterocycles. The van der Waals surface area contributed by atoms with Gasteiger partial charge in [0, 0.05) is 13.2 Å². The number of nitro groups is 1. The summed E-state index contributed by atoms with van der Waals surface area (Å²) >= 11 is 1.39. The number of anilines is 1. The summed E-state index contributed by atoms with van der Waals surface area (Å²) in [6.45, 7) is 2.85. The highest BCUT2D eigenvalue weighted by molar-refractivity contribution is 7.16. The number of nitro benzene ring substituents is 1. The third-order valence-corrected chi connectivity index (χ3v) is 4.27. The summed E-state index contributed by atoms with van der Waals surface area (Å²) in [6.07, 6.45) is 2.72. The average Bonchev–Trinajstić information content (AvgIpc) is 2.92. The summed E-state index contributed by atoms with van der Waals surface area (Å²) in [5.74, 6) is 0.311. The highest BCUT2D eigenvalue weighted by Crippen LogP contribution is 2.34. The van der Waals surface area contributed by atoms with Gasteiger partial charge in [-0.2, -0.15) is 0 Å². The van der Waals surface area contributed by atoms with Crippen molar-refractivity contribution in [1.82, 2.24) is 4.98 Å². The van der Waals surface area contributed by atoms with Crippen molar-refractivity contribution in [3.63, 3.8) is 0 Å². The maximum Gasteiger partial charge on any atom is 0.319 e. The number of hydrogen-bond acceptors (Lipinski definition) is 6. The van der Waals surface area contributed by atoms with Gasteiger partial charge in [-0.05, 0) is 30.9 Å². The zero-order valence-corrected chi connectivity index (χ0v) is 12.7. The van der Waals surface area contributed by atoms with Gasteiger partial charge in [0.2, 0.25) is 0 Å². The number of hydrogen-bond donors (Lipinski definition) is 2. The van der Waals surface area contributed by atoms with Crippen LogP contribution in [-0.4, -0.2) is 28.2 Å². The molecule has 1 aromatic heterocycles. The standard InChI is InChI=1S/C14H19N3O3S/c1-2-3-10(6-7-18)8-15-11-4-5-12-13(16-9-21-12)14(11)17(19)20/h4-5,9-10,15,18H,2-3,6-8H2,1H3. The van der Waals surface area contributed by atoms with Crippen molar-refractivity contribution in [2.45, 2.75) is 26.2 Å². The van der Waals surface area contributed by atoms with E-state index in [0.717, 1.165) is 17.5 Å². The lowest BCUT2D eigenvalue weighted by Gasteiger charge is -2.16. The summed E-state index contributed by atoms with van der Waals surface area (Å²) < 4.78 is 0.813. The Labute approximate surface area is 127 Å². The van der Waals surface area contributed by atoms with Gasteiger partial charge in [-0.15, -0.1) is 11.3 Å². The van der Waals surface area contributed by atoms with Gasteiger partial charge in [-0.25, -0.2) is 4.98 Å². The molecule has 2 aromatic rings. The SMILES string of the molecule is CCCC(CCO)CNc1ccc2scnc2c1[N+](=O)[O-].